The maximum atomic E-state index is 10.2. The number of nitriles is 1. The summed E-state index contributed by atoms with van der Waals surface area (Å²) in [5, 5.41) is 16.0. The van der Waals surface area contributed by atoms with Crippen molar-refractivity contribution >= 4 is 43.5 Å². The Hall–Kier alpha value is -8.13. The molecule has 0 atom stereocenters. The molecule has 0 amide bonds. The van der Waals surface area contributed by atoms with Crippen LogP contribution in [-0.2, 0) is 0 Å². The highest BCUT2D eigenvalue weighted by atomic mass is 15.0. The zero-order valence-corrected chi connectivity index (χ0v) is 31.9. The molecule has 11 rings (SSSR count). The Labute approximate surface area is 341 Å². The molecule has 0 bridgehead atoms. The lowest BCUT2D eigenvalue weighted by atomic mass is 9.90. The Morgan fingerprint density at radius 2 is 0.898 bits per heavy atom. The number of aromatic nitrogens is 3. The van der Waals surface area contributed by atoms with Crippen LogP contribution in [0.25, 0.3) is 105 Å². The fraction of sp³-hybridized carbons (Fsp3) is 0. The zero-order chi connectivity index (χ0) is 39.3. The molecule has 274 valence electrons. The van der Waals surface area contributed by atoms with Crippen LogP contribution in [0.5, 0.6) is 0 Å². The minimum atomic E-state index is 0.624. The third kappa shape index (κ3) is 5.93. The van der Waals surface area contributed by atoms with Gasteiger partial charge in [0, 0.05) is 33.0 Å². The van der Waals surface area contributed by atoms with E-state index in [1.807, 2.05) is 48.5 Å². The number of para-hydroxylation sites is 3. The van der Waals surface area contributed by atoms with Gasteiger partial charge in [0.15, 0.2) is 5.82 Å². The van der Waals surface area contributed by atoms with Crippen LogP contribution < -0.4 is 0 Å². The van der Waals surface area contributed by atoms with Crippen molar-refractivity contribution in [3.63, 3.8) is 0 Å². The first-order valence-corrected chi connectivity index (χ1v) is 19.8. The van der Waals surface area contributed by atoms with Crippen LogP contribution in [0.3, 0.4) is 0 Å². The second kappa shape index (κ2) is 14.1. The molecular formula is C55H34N4. The van der Waals surface area contributed by atoms with Crippen molar-refractivity contribution in [1.29, 1.82) is 5.26 Å². The van der Waals surface area contributed by atoms with Gasteiger partial charge in [-0.1, -0.05) is 158 Å². The van der Waals surface area contributed by atoms with E-state index >= 15 is 0 Å². The predicted octanol–water partition coefficient (Wildman–Crippen LogP) is 14.1. The minimum absolute atomic E-state index is 0.624. The van der Waals surface area contributed by atoms with E-state index in [4.69, 9.17) is 9.97 Å². The van der Waals surface area contributed by atoms with Gasteiger partial charge in [0.05, 0.1) is 33.9 Å². The van der Waals surface area contributed by atoms with Gasteiger partial charge in [-0.25, -0.2) is 9.97 Å². The summed E-state index contributed by atoms with van der Waals surface area (Å²) in [7, 11) is 0. The fourth-order valence-corrected chi connectivity index (χ4v) is 8.64. The molecule has 9 aromatic carbocycles. The molecule has 0 spiro atoms. The summed E-state index contributed by atoms with van der Waals surface area (Å²) in [4.78, 5) is 10.1. The maximum absolute atomic E-state index is 10.2. The van der Waals surface area contributed by atoms with Gasteiger partial charge in [-0.15, -0.1) is 0 Å². The molecule has 0 fully saturated rings. The van der Waals surface area contributed by atoms with E-state index < -0.39 is 0 Å². The Bertz CT molecular complexity index is 3380. The normalized spacial score (nSPS) is 11.4. The molecule has 0 aliphatic heterocycles. The average Bonchev–Trinajstić information content (AvgIpc) is 3.65. The molecule has 4 heteroatoms. The highest BCUT2D eigenvalue weighted by molar-refractivity contribution is 6.09. The van der Waals surface area contributed by atoms with Crippen LogP contribution in [0, 0.1) is 11.3 Å². The van der Waals surface area contributed by atoms with Gasteiger partial charge in [0.1, 0.15) is 0 Å². The van der Waals surface area contributed by atoms with E-state index in [0.29, 0.717) is 11.4 Å². The Morgan fingerprint density at radius 1 is 0.373 bits per heavy atom. The number of hydrogen-bond donors (Lipinski definition) is 0. The summed E-state index contributed by atoms with van der Waals surface area (Å²) in [6, 6.07) is 74.4. The molecule has 59 heavy (non-hydrogen) atoms. The Balaban J connectivity index is 0.951. The number of rotatable bonds is 6. The Morgan fingerprint density at radius 3 is 1.56 bits per heavy atom. The molecule has 0 aliphatic carbocycles. The van der Waals surface area contributed by atoms with Gasteiger partial charge in [0.25, 0.3) is 0 Å². The second-order valence-electron chi connectivity index (χ2n) is 14.9. The molecule has 4 nitrogen and oxygen atoms in total. The lowest BCUT2D eigenvalue weighted by Gasteiger charge is -2.14. The SMILES string of the molecule is N#Cc1cc(-c2ccc(-n3c4ccccc4c4ccccc43)cc2)cc(-c2ccc(-c3ccc(-c4nc(-c5ccccc5)c5ccccc5n4)cc3)c3ccccc23)c1. The summed E-state index contributed by atoms with van der Waals surface area (Å²) in [5.41, 5.74) is 14.3. The van der Waals surface area contributed by atoms with Gasteiger partial charge in [-0.3, -0.25) is 0 Å². The summed E-state index contributed by atoms with van der Waals surface area (Å²) in [6.07, 6.45) is 0. The Kier molecular flexibility index (Phi) is 8.17. The van der Waals surface area contributed by atoms with Crippen LogP contribution in [0.2, 0.25) is 0 Å². The van der Waals surface area contributed by atoms with Crippen LogP contribution in [0.1, 0.15) is 5.56 Å². The number of hydrogen-bond acceptors (Lipinski definition) is 3. The van der Waals surface area contributed by atoms with Crippen molar-refractivity contribution in [2.24, 2.45) is 0 Å². The van der Waals surface area contributed by atoms with Crippen LogP contribution >= 0.6 is 0 Å². The molecule has 11 aromatic rings. The van der Waals surface area contributed by atoms with Crippen molar-refractivity contribution in [2.45, 2.75) is 0 Å². The molecule has 0 aliphatic rings. The molecule has 0 N–H and O–H groups in total. The molecule has 2 heterocycles. The van der Waals surface area contributed by atoms with Gasteiger partial charge in [-0.2, -0.15) is 5.26 Å². The lowest BCUT2D eigenvalue weighted by Crippen LogP contribution is -1.95. The van der Waals surface area contributed by atoms with Gasteiger partial charge < -0.3 is 4.57 Å². The third-order valence-corrected chi connectivity index (χ3v) is 11.4. The van der Waals surface area contributed by atoms with Crippen molar-refractivity contribution in [3.8, 4) is 67.8 Å². The smallest absolute Gasteiger partial charge is 0.160 e. The summed E-state index contributed by atoms with van der Waals surface area (Å²) in [6.45, 7) is 0. The maximum Gasteiger partial charge on any atom is 0.160 e. The van der Waals surface area contributed by atoms with E-state index in [1.54, 1.807) is 0 Å². The standard InChI is InChI=1S/C55H34N4/c56-35-36-32-41(37-26-28-43(29-27-37)59-52-20-10-7-16-48(52)49-17-8-11-21-53(49)59)34-42(33-36)45-31-30-44(46-14-4-5-15-47(45)46)38-22-24-40(25-23-38)55-57-51-19-9-6-18-50(51)54(58-55)39-12-2-1-3-13-39/h1-34H. The molecule has 0 saturated carbocycles. The fourth-order valence-electron chi connectivity index (χ4n) is 8.64. The predicted molar refractivity (Wildman–Crippen MR) is 243 cm³/mol. The van der Waals surface area contributed by atoms with E-state index in [2.05, 4.69) is 168 Å². The number of fused-ring (bicyclic) bond motifs is 5. The number of nitrogens with zero attached hydrogens (tertiary/aromatic N) is 4. The summed E-state index contributed by atoms with van der Waals surface area (Å²) < 4.78 is 2.33. The first kappa shape index (κ1) is 34.1. The largest absolute Gasteiger partial charge is 0.309 e. The summed E-state index contributed by atoms with van der Waals surface area (Å²) in [5.74, 6) is 0.698. The van der Waals surface area contributed by atoms with E-state index in [-0.39, 0.29) is 0 Å². The van der Waals surface area contributed by atoms with Crippen LogP contribution in [0.15, 0.2) is 206 Å². The quantitative estimate of drug-likeness (QED) is 0.170. The third-order valence-electron chi connectivity index (χ3n) is 11.4. The molecule has 0 radical (unpaired) electrons. The van der Waals surface area contributed by atoms with Gasteiger partial charge >= 0.3 is 0 Å². The van der Waals surface area contributed by atoms with E-state index in [9.17, 15) is 5.26 Å². The second-order valence-corrected chi connectivity index (χ2v) is 14.9. The monoisotopic (exact) mass is 750 g/mol. The highest BCUT2D eigenvalue weighted by Crippen LogP contribution is 2.39. The minimum Gasteiger partial charge on any atom is -0.309 e. The zero-order valence-electron chi connectivity index (χ0n) is 31.9. The first-order valence-electron chi connectivity index (χ1n) is 19.8. The van der Waals surface area contributed by atoms with Crippen molar-refractivity contribution in [1.82, 2.24) is 14.5 Å². The highest BCUT2D eigenvalue weighted by Gasteiger charge is 2.16. The van der Waals surface area contributed by atoms with E-state index in [0.717, 1.165) is 77.6 Å². The molecule has 0 unspecified atom stereocenters. The van der Waals surface area contributed by atoms with Gasteiger partial charge in [0.2, 0.25) is 0 Å². The van der Waals surface area contributed by atoms with Crippen LogP contribution in [-0.4, -0.2) is 14.5 Å². The van der Waals surface area contributed by atoms with Crippen molar-refractivity contribution in [2.75, 3.05) is 0 Å². The molecular weight excluding hydrogens is 717 g/mol. The van der Waals surface area contributed by atoms with Crippen LogP contribution in [0.4, 0.5) is 0 Å². The molecule has 2 aromatic heterocycles. The topological polar surface area (TPSA) is 54.5 Å². The summed E-state index contributed by atoms with van der Waals surface area (Å²) >= 11 is 0. The average molecular weight is 751 g/mol. The van der Waals surface area contributed by atoms with Crippen molar-refractivity contribution in [3.05, 3.63) is 212 Å². The van der Waals surface area contributed by atoms with Gasteiger partial charge in [-0.05, 0) is 92.7 Å². The lowest BCUT2D eigenvalue weighted by molar-refractivity contribution is 1.18. The molecule has 0 saturated heterocycles. The van der Waals surface area contributed by atoms with Crippen molar-refractivity contribution < 1.29 is 0 Å². The first-order chi connectivity index (χ1) is 29.2. The van der Waals surface area contributed by atoms with E-state index in [1.165, 1.54) is 21.8 Å². The number of benzene rings is 9.